The second-order valence-corrected chi connectivity index (χ2v) is 9.70. The van der Waals surface area contributed by atoms with Crippen molar-refractivity contribution in [3.8, 4) is 0 Å². The highest BCUT2D eigenvalue weighted by molar-refractivity contribution is 7.90. The second kappa shape index (κ2) is 9.46. The molecule has 17 nitrogen and oxygen atoms in total. The number of esters is 1. The maximum absolute atomic E-state index is 12.8. The molecule has 0 radical (unpaired) electrons. The van der Waals surface area contributed by atoms with Crippen molar-refractivity contribution in [1.29, 1.82) is 0 Å². The number of carbonyl (C=O) groups is 1. The summed E-state index contributed by atoms with van der Waals surface area (Å²) in [6.07, 6.45) is -1.64. The number of sulfonamides is 2. The lowest BCUT2D eigenvalue weighted by Gasteiger charge is -2.29. The van der Waals surface area contributed by atoms with E-state index in [2.05, 4.69) is 15.0 Å². The van der Waals surface area contributed by atoms with Crippen LogP contribution >= 0.6 is 0 Å². The molecule has 1 aliphatic heterocycles. The number of ether oxygens (including phenoxy) is 1. The lowest BCUT2D eigenvalue weighted by molar-refractivity contribution is -0.790. The molecule has 1 unspecified atom stereocenters. The number of fused-ring (bicyclic) bond motifs is 1. The first-order valence-corrected chi connectivity index (χ1v) is 11.4. The summed E-state index contributed by atoms with van der Waals surface area (Å²) in [7, 11) is -8.59. The summed E-state index contributed by atoms with van der Waals surface area (Å²) in [5, 5.41) is 25.9. The molecule has 178 valence electrons. The van der Waals surface area contributed by atoms with Crippen molar-refractivity contribution in [3.63, 3.8) is 0 Å². The monoisotopic (exact) mass is 499 g/mol. The maximum atomic E-state index is 12.8. The Hall–Kier alpha value is -3.29. The van der Waals surface area contributed by atoms with E-state index in [9.17, 15) is 41.9 Å². The van der Waals surface area contributed by atoms with Crippen LogP contribution in [0.3, 0.4) is 0 Å². The van der Waals surface area contributed by atoms with Crippen molar-refractivity contribution in [3.05, 3.63) is 37.9 Å². The van der Waals surface area contributed by atoms with Gasteiger partial charge in [-0.3, -0.25) is 4.79 Å². The Balaban J connectivity index is 2.13. The average molecular weight is 499 g/mol. The number of primary sulfonamides is 1. The topological polar surface area (TPSA) is 241 Å². The van der Waals surface area contributed by atoms with Crippen LogP contribution in [-0.4, -0.2) is 69.8 Å². The summed E-state index contributed by atoms with van der Waals surface area (Å²) in [6.45, 7) is -1.59. The van der Waals surface area contributed by atoms with Gasteiger partial charge in [0.15, 0.2) is 6.10 Å². The first-order valence-electron chi connectivity index (χ1n) is 8.37. The molecule has 1 aliphatic rings. The number of hydrogen-bond donors (Lipinski definition) is 2. The lowest BCUT2D eigenvalue weighted by atomic mass is 10.2. The minimum Gasteiger partial charge on any atom is -0.462 e. The van der Waals surface area contributed by atoms with E-state index in [1.54, 1.807) is 0 Å². The van der Waals surface area contributed by atoms with Crippen LogP contribution in [0, 0.1) is 27.2 Å². The van der Waals surface area contributed by atoms with E-state index in [0.29, 0.717) is 4.31 Å². The molecule has 0 bridgehead atoms. The standard InChI is InChI=1S/C13H17N5O12S2/c1-8-2-10-12(3-11(8)31(14,24)25)32(26,27)16(7-15-10)4-13(19)28-5-9(30-18(22)23)6-29-17(20)21/h2-3,9,15H,4-7H2,1H3,(H2,14,24,25). The molecule has 0 fully saturated rings. The van der Waals surface area contributed by atoms with Crippen LogP contribution in [0.25, 0.3) is 0 Å². The molecule has 0 spiro atoms. The van der Waals surface area contributed by atoms with E-state index in [1.165, 1.54) is 13.0 Å². The molecule has 0 saturated heterocycles. The van der Waals surface area contributed by atoms with Crippen molar-refractivity contribution in [1.82, 2.24) is 4.31 Å². The van der Waals surface area contributed by atoms with Crippen molar-refractivity contribution in [2.75, 3.05) is 31.7 Å². The minimum absolute atomic E-state index is 0.0934. The van der Waals surface area contributed by atoms with Crippen LogP contribution in [0.2, 0.25) is 0 Å². The zero-order valence-electron chi connectivity index (χ0n) is 16.2. The first kappa shape index (κ1) is 25.0. The maximum Gasteiger partial charge on any atom is 0.321 e. The molecular weight excluding hydrogens is 482 g/mol. The normalized spacial score (nSPS) is 16.2. The highest BCUT2D eigenvalue weighted by atomic mass is 32.2. The van der Waals surface area contributed by atoms with Gasteiger partial charge in [0.25, 0.3) is 10.2 Å². The summed E-state index contributed by atoms with van der Waals surface area (Å²) in [4.78, 5) is 39.8. The summed E-state index contributed by atoms with van der Waals surface area (Å²) in [5.74, 6) is -1.17. The van der Waals surface area contributed by atoms with Crippen molar-refractivity contribution >= 4 is 31.7 Å². The van der Waals surface area contributed by atoms with Gasteiger partial charge in [0, 0.05) is 0 Å². The van der Waals surface area contributed by atoms with Crippen molar-refractivity contribution in [2.24, 2.45) is 5.14 Å². The Morgan fingerprint density at radius 2 is 1.94 bits per heavy atom. The molecule has 0 saturated carbocycles. The molecule has 2 rings (SSSR count). The molecule has 0 aromatic heterocycles. The second-order valence-electron chi connectivity index (χ2n) is 6.26. The SMILES string of the molecule is Cc1cc2c(cc1S(N)(=O)=O)S(=O)(=O)N(CC(=O)OCC(CO[N+](=O)[O-])O[N+](=O)[O-])CN2. The minimum atomic E-state index is -4.36. The molecule has 0 amide bonds. The van der Waals surface area contributed by atoms with E-state index in [-0.39, 0.29) is 17.9 Å². The highest BCUT2D eigenvalue weighted by Gasteiger charge is 2.35. The molecule has 3 N–H and O–H groups in total. The first-order chi connectivity index (χ1) is 14.7. The van der Waals surface area contributed by atoms with E-state index in [1.807, 2.05) is 0 Å². The third-order valence-corrected chi connectivity index (χ3v) is 6.87. The molecule has 0 aliphatic carbocycles. The molecular formula is C13H17N5O12S2. The van der Waals surface area contributed by atoms with Gasteiger partial charge in [-0.05, 0) is 24.6 Å². The van der Waals surface area contributed by atoms with Crippen LogP contribution in [0.15, 0.2) is 21.9 Å². The number of benzene rings is 1. The van der Waals surface area contributed by atoms with Crippen LogP contribution < -0.4 is 10.5 Å². The van der Waals surface area contributed by atoms with Gasteiger partial charge < -0.3 is 19.7 Å². The molecule has 1 atom stereocenters. The Bertz CT molecular complexity index is 1140. The van der Waals surface area contributed by atoms with Gasteiger partial charge in [0.05, 0.1) is 17.3 Å². The fourth-order valence-corrected chi connectivity index (χ4v) is 4.94. The summed E-state index contributed by atoms with van der Waals surface area (Å²) >= 11 is 0. The van der Waals surface area contributed by atoms with Gasteiger partial charge >= 0.3 is 5.97 Å². The third kappa shape index (κ3) is 6.12. The molecule has 19 heteroatoms. The van der Waals surface area contributed by atoms with Crippen LogP contribution in [0.5, 0.6) is 0 Å². The van der Waals surface area contributed by atoms with Gasteiger partial charge in [0.1, 0.15) is 24.7 Å². The number of aryl methyl sites for hydroxylation is 1. The third-order valence-electron chi connectivity index (χ3n) is 3.98. The predicted octanol–water partition coefficient (Wildman–Crippen LogP) is -1.66. The lowest BCUT2D eigenvalue weighted by Crippen LogP contribution is -2.43. The Labute approximate surface area is 180 Å². The summed E-state index contributed by atoms with van der Waals surface area (Å²) in [5.41, 5.74) is 0.298. The van der Waals surface area contributed by atoms with E-state index in [0.717, 1.165) is 6.07 Å². The van der Waals surface area contributed by atoms with Crippen molar-refractivity contribution < 1.29 is 46.2 Å². The zero-order chi connectivity index (χ0) is 24.3. The Morgan fingerprint density at radius 1 is 1.28 bits per heavy atom. The molecule has 32 heavy (non-hydrogen) atoms. The number of nitrogens with one attached hydrogen (secondary N) is 1. The number of rotatable bonds is 10. The molecule has 1 aromatic carbocycles. The van der Waals surface area contributed by atoms with Crippen LogP contribution in [-0.2, 0) is 39.3 Å². The Kier molecular flexibility index (Phi) is 7.38. The molecule has 1 heterocycles. The quantitative estimate of drug-likeness (QED) is 0.208. The summed E-state index contributed by atoms with van der Waals surface area (Å²) < 4.78 is 54.4. The van der Waals surface area contributed by atoms with Gasteiger partial charge in [0.2, 0.25) is 20.0 Å². The van der Waals surface area contributed by atoms with E-state index in [4.69, 9.17) is 9.88 Å². The van der Waals surface area contributed by atoms with Gasteiger partial charge in [-0.15, -0.1) is 20.2 Å². The molecule has 1 aromatic rings. The number of anilines is 1. The van der Waals surface area contributed by atoms with Crippen LogP contribution in [0.1, 0.15) is 5.56 Å². The number of carbonyl (C=O) groups excluding carboxylic acids is 1. The number of nitrogens with zero attached hydrogens (tertiary/aromatic N) is 3. The van der Waals surface area contributed by atoms with Crippen molar-refractivity contribution in [2.45, 2.75) is 22.8 Å². The fourth-order valence-electron chi connectivity index (χ4n) is 2.62. The van der Waals surface area contributed by atoms with E-state index >= 15 is 0 Å². The smallest absolute Gasteiger partial charge is 0.321 e. The largest absolute Gasteiger partial charge is 0.462 e. The van der Waals surface area contributed by atoms with Gasteiger partial charge in [-0.25, -0.2) is 22.0 Å². The number of hydrogen-bond acceptors (Lipinski definition) is 13. The number of nitrogens with two attached hydrogens (primary N) is 1. The highest BCUT2D eigenvalue weighted by Crippen LogP contribution is 2.32. The van der Waals surface area contributed by atoms with Gasteiger partial charge in [-0.1, -0.05) is 0 Å². The predicted molar refractivity (Wildman–Crippen MR) is 101 cm³/mol. The van der Waals surface area contributed by atoms with Crippen LogP contribution in [0.4, 0.5) is 5.69 Å². The zero-order valence-corrected chi connectivity index (χ0v) is 17.8. The van der Waals surface area contributed by atoms with E-state index < -0.39 is 71.8 Å². The summed E-state index contributed by atoms with van der Waals surface area (Å²) in [6, 6.07) is 2.13. The van der Waals surface area contributed by atoms with Gasteiger partial charge in [-0.2, -0.15) is 4.31 Å². The Morgan fingerprint density at radius 3 is 2.50 bits per heavy atom. The average Bonchev–Trinajstić information content (AvgIpc) is 2.64. The fraction of sp³-hybridized carbons (Fsp3) is 0.462.